The number of hydrogen-bond donors (Lipinski definition) is 4. The van der Waals surface area contributed by atoms with E-state index < -0.39 is 73.3 Å². The number of aliphatic hydroxyl groups excluding tert-OH is 1. The summed E-state index contributed by atoms with van der Waals surface area (Å²) >= 11 is 0. The van der Waals surface area contributed by atoms with E-state index in [4.69, 9.17) is 14.0 Å². The molecule has 1 fully saturated rings. The predicted molar refractivity (Wildman–Crippen MR) is 155 cm³/mol. The van der Waals surface area contributed by atoms with Crippen molar-refractivity contribution in [3.8, 4) is 11.3 Å². The first kappa shape index (κ1) is 33.2. The van der Waals surface area contributed by atoms with Gasteiger partial charge in [0.15, 0.2) is 5.60 Å². The summed E-state index contributed by atoms with van der Waals surface area (Å²) in [5.74, 6) is -4.92. The van der Waals surface area contributed by atoms with Crippen molar-refractivity contribution in [3.63, 3.8) is 0 Å². The number of methoxy groups -OCH3 is 1. The minimum Gasteiger partial charge on any atom is -0.508 e. The van der Waals surface area contributed by atoms with E-state index in [-0.39, 0.29) is 18.0 Å². The van der Waals surface area contributed by atoms with Crippen molar-refractivity contribution in [2.75, 3.05) is 14.2 Å². The normalized spacial score (nSPS) is 18.6. The number of carbonyl (C=O) groups is 5. The van der Waals surface area contributed by atoms with Crippen molar-refractivity contribution >= 4 is 36.8 Å². The Bertz CT molecular complexity index is 1320. The number of pyridine rings is 1. The molecule has 0 bridgehead atoms. The lowest BCUT2D eigenvalue weighted by Gasteiger charge is -2.39. The van der Waals surface area contributed by atoms with Crippen LogP contribution in [0.2, 0.25) is 0 Å². The number of esters is 1. The molecule has 4 atom stereocenters. The SMILES string of the molecule is CNC(=O)[C@@]1(CC(=O)OC)CC(=O)OB([C@H](CC(C)C)NC(=O)C(NC(=O)c2cccc(-c3ccccc3)n2)[C@@H](C)O)O1. The van der Waals surface area contributed by atoms with E-state index in [1.807, 2.05) is 44.2 Å². The van der Waals surface area contributed by atoms with E-state index >= 15 is 0 Å². The van der Waals surface area contributed by atoms with Crippen molar-refractivity contribution < 1.29 is 43.1 Å². The van der Waals surface area contributed by atoms with E-state index in [9.17, 15) is 29.1 Å². The topological polar surface area (TPSA) is 182 Å². The number of likely N-dealkylation sites (N-methyl/N-ethyl adjacent to an activating group) is 1. The standard InChI is InChI=1S/C29H37BN4O9/c1-17(2)14-22(30-42-24(37)16-29(43-30,28(40)31-4)15-23(36)41-5)33-27(39)25(18(3)35)34-26(38)21-13-9-12-20(32-21)19-10-7-6-8-11-19/h6-13,17-18,22,25,35H,14-16H2,1-5H3,(H,31,40)(H,33,39)(H,34,38)/t18-,22+,25?,29-/m1/s1. The number of nitrogens with one attached hydrogen (secondary N) is 3. The van der Waals surface area contributed by atoms with Gasteiger partial charge in [0.1, 0.15) is 11.7 Å². The molecule has 0 spiro atoms. The van der Waals surface area contributed by atoms with Crippen LogP contribution in [0.25, 0.3) is 11.3 Å². The number of carbonyl (C=O) groups excluding carboxylic acids is 5. The molecule has 1 aromatic heterocycles. The van der Waals surface area contributed by atoms with Crippen molar-refractivity contribution in [2.24, 2.45) is 5.92 Å². The highest BCUT2D eigenvalue weighted by Gasteiger charge is 2.54. The molecule has 1 aliphatic rings. The van der Waals surface area contributed by atoms with E-state index in [2.05, 4.69) is 20.9 Å². The average Bonchev–Trinajstić information content (AvgIpc) is 2.98. The first-order valence-electron chi connectivity index (χ1n) is 13.9. The molecular formula is C29H37BN4O9. The zero-order chi connectivity index (χ0) is 31.7. The van der Waals surface area contributed by atoms with Gasteiger partial charge in [0.2, 0.25) is 5.91 Å². The molecule has 0 radical (unpaired) electrons. The van der Waals surface area contributed by atoms with Crippen molar-refractivity contribution in [3.05, 3.63) is 54.2 Å². The Morgan fingerprint density at radius 1 is 1.07 bits per heavy atom. The third kappa shape index (κ3) is 8.61. The monoisotopic (exact) mass is 596 g/mol. The van der Waals surface area contributed by atoms with Crippen LogP contribution in [-0.2, 0) is 33.2 Å². The molecule has 14 heteroatoms. The number of rotatable bonds is 12. The molecule has 230 valence electrons. The first-order valence-corrected chi connectivity index (χ1v) is 13.9. The molecule has 0 saturated carbocycles. The lowest BCUT2D eigenvalue weighted by molar-refractivity contribution is -0.165. The van der Waals surface area contributed by atoms with Gasteiger partial charge in [-0.3, -0.25) is 24.0 Å². The summed E-state index contributed by atoms with van der Waals surface area (Å²) in [6, 6.07) is 12.7. The maximum Gasteiger partial charge on any atom is 0.552 e. The van der Waals surface area contributed by atoms with Gasteiger partial charge in [-0.1, -0.05) is 50.2 Å². The molecule has 4 N–H and O–H groups in total. The highest BCUT2D eigenvalue weighted by atomic mass is 16.6. The van der Waals surface area contributed by atoms with Crippen LogP contribution in [0.4, 0.5) is 0 Å². The molecule has 1 aliphatic heterocycles. The van der Waals surface area contributed by atoms with Crippen molar-refractivity contribution in [2.45, 2.75) is 63.7 Å². The number of ether oxygens (including phenoxy) is 1. The average molecular weight is 596 g/mol. The smallest absolute Gasteiger partial charge is 0.508 e. The van der Waals surface area contributed by atoms with Crippen LogP contribution in [0.1, 0.15) is 50.5 Å². The highest BCUT2D eigenvalue weighted by molar-refractivity contribution is 6.50. The number of aromatic nitrogens is 1. The Labute approximate surface area is 250 Å². The minimum atomic E-state index is -1.94. The van der Waals surface area contributed by atoms with Gasteiger partial charge in [0, 0.05) is 12.6 Å². The van der Waals surface area contributed by atoms with E-state index in [1.165, 1.54) is 20.0 Å². The van der Waals surface area contributed by atoms with Crippen LogP contribution in [0, 0.1) is 5.92 Å². The molecule has 1 aromatic carbocycles. The summed E-state index contributed by atoms with van der Waals surface area (Å²) in [6.07, 6.45) is -2.24. The van der Waals surface area contributed by atoms with Gasteiger partial charge in [-0.15, -0.1) is 0 Å². The maximum atomic E-state index is 13.5. The van der Waals surface area contributed by atoms with Crippen molar-refractivity contribution in [1.82, 2.24) is 20.9 Å². The molecule has 43 heavy (non-hydrogen) atoms. The van der Waals surface area contributed by atoms with E-state index in [0.717, 1.165) is 12.7 Å². The Morgan fingerprint density at radius 2 is 1.77 bits per heavy atom. The Balaban J connectivity index is 1.83. The van der Waals surface area contributed by atoms with Gasteiger partial charge in [-0.05, 0) is 31.4 Å². The van der Waals surface area contributed by atoms with Crippen LogP contribution >= 0.6 is 0 Å². The maximum absolute atomic E-state index is 13.5. The molecule has 0 aliphatic carbocycles. The summed E-state index contributed by atoms with van der Waals surface area (Å²) < 4.78 is 16.0. The molecule has 3 amide bonds. The van der Waals surface area contributed by atoms with Gasteiger partial charge in [0.25, 0.3) is 17.8 Å². The molecular weight excluding hydrogens is 559 g/mol. The fraction of sp³-hybridized carbons (Fsp3) is 0.448. The van der Waals surface area contributed by atoms with Gasteiger partial charge in [-0.25, -0.2) is 4.98 Å². The molecule has 1 unspecified atom stereocenters. The van der Waals surface area contributed by atoms with Crippen LogP contribution in [0.3, 0.4) is 0 Å². The zero-order valence-electron chi connectivity index (χ0n) is 24.8. The first-order chi connectivity index (χ1) is 20.4. The second-order valence-corrected chi connectivity index (χ2v) is 10.7. The zero-order valence-corrected chi connectivity index (χ0v) is 24.8. The number of aliphatic hydroxyl groups is 1. The minimum absolute atomic E-state index is 0.0289. The molecule has 3 rings (SSSR count). The Morgan fingerprint density at radius 3 is 2.37 bits per heavy atom. The summed E-state index contributed by atoms with van der Waals surface area (Å²) in [7, 11) is 0.995. The number of hydrogen-bond acceptors (Lipinski definition) is 10. The summed E-state index contributed by atoms with van der Waals surface area (Å²) in [5.41, 5.74) is -0.567. The lowest BCUT2D eigenvalue weighted by Crippen LogP contribution is -2.64. The number of benzene rings is 1. The summed E-state index contributed by atoms with van der Waals surface area (Å²) in [4.78, 5) is 68.7. The van der Waals surface area contributed by atoms with E-state index in [1.54, 1.807) is 12.1 Å². The van der Waals surface area contributed by atoms with Crippen molar-refractivity contribution in [1.29, 1.82) is 0 Å². The van der Waals surface area contributed by atoms with Gasteiger partial charge in [0.05, 0.1) is 37.7 Å². The third-order valence-electron chi connectivity index (χ3n) is 6.80. The Kier molecular flexibility index (Phi) is 11.4. The lowest BCUT2D eigenvalue weighted by atomic mass is 9.70. The van der Waals surface area contributed by atoms with E-state index in [0.29, 0.717) is 5.69 Å². The van der Waals surface area contributed by atoms with Crippen LogP contribution in [0.5, 0.6) is 0 Å². The molecule has 13 nitrogen and oxygen atoms in total. The van der Waals surface area contributed by atoms with Gasteiger partial charge in [-0.2, -0.15) is 0 Å². The largest absolute Gasteiger partial charge is 0.552 e. The third-order valence-corrected chi connectivity index (χ3v) is 6.80. The van der Waals surface area contributed by atoms with Gasteiger partial charge < -0.3 is 35.1 Å². The van der Waals surface area contributed by atoms with Crippen LogP contribution < -0.4 is 16.0 Å². The highest BCUT2D eigenvalue weighted by Crippen LogP contribution is 2.30. The number of amides is 3. The molecule has 2 heterocycles. The molecule has 2 aromatic rings. The second kappa shape index (κ2) is 14.7. The fourth-order valence-electron chi connectivity index (χ4n) is 4.68. The van der Waals surface area contributed by atoms with Crippen LogP contribution in [-0.4, -0.2) is 84.7 Å². The second-order valence-electron chi connectivity index (χ2n) is 10.7. The summed E-state index contributed by atoms with van der Waals surface area (Å²) in [6.45, 7) is 5.03. The predicted octanol–water partition coefficient (Wildman–Crippen LogP) is 0.798. The number of nitrogens with zero attached hydrogens (tertiary/aromatic N) is 1. The molecule has 1 saturated heterocycles. The van der Waals surface area contributed by atoms with Gasteiger partial charge >= 0.3 is 13.1 Å². The Hall–Kier alpha value is -4.30. The fourth-order valence-corrected chi connectivity index (χ4v) is 4.68. The summed E-state index contributed by atoms with van der Waals surface area (Å²) in [5, 5.41) is 18.1. The quantitative estimate of drug-likeness (QED) is 0.202. The van der Waals surface area contributed by atoms with Crippen LogP contribution in [0.15, 0.2) is 48.5 Å².